The molecule has 3 aromatic rings. The number of carbonyl (C=O) groups is 2. The molecule has 1 aromatic heterocycles. The summed E-state index contributed by atoms with van der Waals surface area (Å²) < 4.78 is 37.2. The van der Waals surface area contributed by atoms with Gasteiger partial charge in [-0.05, 0) is 43.5 Å². The third-order valence-corrected chi connectivity index (χ3v) is 9.70. The lowest BCUT2D eigenvalue weighted by Crippen LogP contribution is -2.24. The van der Waals surface area contributed by atoms with Crippen molar-refractivity contribution >= 4 is 50.3 Å². The third-order valence-electron chi connectivity index (χ3n) is 6.50. The zero-order valence-corrected chi connectivity index (χ0v) is 22.9. The van der Waals surface area contributed by atoms with E-state index in [1.165, 1.54) is 58.3 Å². The number of esters is 1. The molecule has 37 heavy (non-hydrogen) atoms. The molecule has 1 aliphatic carbocycles. The summed E-state index contributed by atoms with van der Waals surface area (Å²) in [5.74, 6) is -0.533. The summed E-state index contributed by atoms with van der Waals surface area (Å²) in [7, 11) is -0.788. The number of para-hydroxylation sites is 1. The topological polar surface area (TPSA) is 106 Å². The average molecular weight is 545 g/mol. The van der Waals surface area contributed by atoms with Crippen molar-refractivity contribution in [3.05, 3.63) is 59.4 Å². The fourth-order valence-electron chi connectivity index (χ4n) is 4.33. The molecule has 1 heterocycles. The largest absolute Gasteiger partial charge is 0.450 e. The number of hydrogen-bond donors (Lipinski definition) is 1. The molecule has 1 fully saturated rings. The van der Waals surface area contributed by atoms with E-state index in [4.69, 9.17) is 9.15 Å². The SMILES string of the molecule is Cc1ccc(S(=O)(=O)N(C)C)cc1NC(=O)COC(=O)c1oc2ccccc2c1CSC1CCCCC1. The van der Waals surface area contributed by atoms with Crippen LogP contribution in [0.3, 0.4) is 0 Å². The number of fused-ring (bicyclic) bond motifs is 1. The normalized spacial score (nSPS) is 14.7. The molecular formula is C27H32N2O6S2. The van der Waals surface area contributed by atoms with E-state index in [0.29, 0.717) is 27.8 Å². The maximum Gasteiger partial charge on any atom is 0.375 e. The number of thioether (sulfide) groups is 1. The number of hydrogen-bond acceptors (Lipinski definition) is 7. The molecule has 4 rings (SSSR count). The number of rotatable bonds is 9. The molecule has 198 valence electrons. The average Bonchev–Trinajstić information content (AvgIpc) is 3.26. The first-order valence-electron chi connectivity index (χ1n) is 12.3. The lowest BCUT2D eigenvalue weighted by atomic mass is 10.0. The van der Waals surface area contributed by atoms with Gasteiger partial charge < -0.3 is 14.5 Å². The number of amides is 1. The maximum absolute atomic E-state index is 13.0. The Morgan fingerprint density at radius 1 is 1.11 bits per heavy atom. The van der Waals surface area contributed by atoms with Crippen molar-refractivity contribution < 1.29 is 27.2 Å². The molecular weight excluding hydrogens is 512 g/mol. The van der Waals surface area contributed by atoms with Gasteiger partial charge in [0.05, 0.1) is 4.90 Å². The second kappa shape index (κ2) is 11.7. The highest BCUT2D eigenvalue weighted by Gasteiger charge is 2.25. The quantitative estimate of drug-likeness (QED) is 0.362. The van der Waals surface area contributed by atoms with Crippen LogP contribution in [0.1, 0.15) is 53.8 Å². The number of aryl methyl sites for hydroxylation is 1. The number of sulfonamides is 1. The first kappa shape index (κ1) is 27.2. The Labute approximate surface area is 221 Å². The summed E-state index contributed by atoms with van der Waals surface area (Å²) in [6.45, 7) is 1.22. The molecule has 1 saturated carbocycles. The molecule has 8 nitrogen and oxygen atoms in total. The molecule has 2 aromatic carbocycles. The Morgan fingerprint density at radius 2 is 1.84 bits per heavy atom. The van der Waals surface area contributed by atoms with Gasteiger partial charge in [0.25, 0.3) is 5.91 Å². The standard InChI is InChI=1S/C27H32N2O6S2/c1-18-13-14-20(37(32,33)29(2)3)15-23(18)28-25(30)16-34-27(31)26-22(17-36-19-9-5-4-6-10-19)21-11-7-8-12-24(21)35-26/h7-8,11-15,19H,4-6,9-10,16-17H2,1-3H3,(H,28,30). The van der Waals surface area contributed by atoms with Gasteiger partial charge in [-0.25, -0.2) is 17.5 Å². The second-order valence-electron chi connectivity index (χ2n) is 9.37. The minimum absolute atomic E-state index is 0.0535. The molecule has 0 spiro atoms. The lowest BCUT2D eigenvalue weighted by Gasteiger charge is -2.20. The van der Waals surface area contributed by atoms with Crippen molar-refractivity contribution in [1.29, 1.82) is 0 Å². The van der Waals surface area contributed by atoms with E-state index in [9.17, 15) is 18.0 Å². The Hall–Kier alpha value is -2.82. The van der Waals surface area contributed by atoms with Crippen LogP contribution in [0.2, 0.25) is 0 Å². The molecule has 0 bridgehead atoms. The fraction of sp³-hybridized carbons (Fsp3) is 0.407. The first-order chi connectivity index (χ1) is 17.7. The number of anilines is 1. The number of furan rings is 1. The minimum Gasteiger partial charge on any atom is -0.450 e. The summed E-state index contributed by atoms with van der Waals surface area (Å²) in [4.78, 5) is 25.6. The highest BCUT2D eigenvalue weighted by Crippen LogP contribution is 2.35. The molecule has 0 unspecified atom stereocenters. The van der Waals surface area contributed by atoms with E-state index >= 15 is 0 Å². The molecule has 0 atom stereocenters. The first-order valence-corrected chi connectivity index (χ1v) is 14.8. The molecule has 1 amide bonds. The molecule has 1 aliphatic rings. The van der Waals surface area contributed by atoms with Crippen LogP contribution in [0, 0.1) is 6.92 Å². The van der Waals surface area contributed by atoms with Gasteiger partial charge in [-0.2, -0.15) is 11.8 Å². The predicted molar refractivity (Wildman–Crippen MR) is 145 cm³/mol. The Morgan fingerprint density at radius 3 is 2.57 bits per heavy atom. The van der Waals surface area contributed by atoms with Crippen LogP contribution < -0.4 is 5.32 Å². The van der Waals surface area contributed by atoms with E-state index in [-0.39, 0.29) is 10.7 Å². The summed E-state index contributed by atoms with van der Waals surface area (Å²) >= 11 is 1.83. The number of nitrogens with one attached hydrogen (secondary N) is 1. The predicted octanol–water partition coefficient (Wildman–Crippen LogP) is 5.35. The Bertz CT molecular complexity index is 1390. The summed E-state index contributed by atoms with van der Waals surface area (Å²) in [5.41, 5.74) is 2.40. The summed E-state index contributed by atoms with van der Waals surface area (Å²) in [5, 5.41) is 4.08. The number of nitrogens with zero attached hydrogens (tertiary/aromatic N) is 1. The third kappa shape index (κ3) is 6.37. The van der Waals surface area contributed by atoms with Gasteiger partial charge in [0.15, 0.2) is 6.61 Å². The summed E-state index contributed by atoms with van der Waals surface area (Å²) in [6.07, 6.45) is 6.10. The fourth-order valence-corrected chi connectivity index (χ4v) is 6.61. The van der Waals surface area contributed by atoms with Crippen LogP contribution >= 0.6 is 11.8 Å². The zero-order chi connectivity index (χ0) is 26.6. The molecule has 0 saturated heterocycles. The van der Waals surface area contributed by atoms with E-state index in [2.05, 4.69) is 5.32 Å². The Kier molecular flexibility index (Phi) is 8.61. The van der Waals surface area contributed by atoms with Crippen LogP contribution in [-0.4, -0.2) is 50.6 Å². The zero-order valence-electron chi connectivity index (χ0n) is 21.3. The van der Waals surface area contributed by atoms with Gasteiger partial charge >= 0.3 is 5.97 Å². The highest BCUT2D eigenvalue weighted by molar-refractivity contribution is 7.99. The van der Waals surface area contributed by atoms with Crippen molar-refractivity contribution in [2.24, 2.45) is 0 Å². The number of benzene rings is 2. The monoisotopic (exact) mass is 544 g/mol. The summed E-state index contributed by atoms with van der Waals surface area (Å²) in [6, 6.07) is 12.0. The van der Waals surface area contributed by atoms with Crippen molar-refractivity contribution in [1.82, 2.24) is 4.31 Å². The number of carbonyl (C=O) groups excluding carboxylic acids is 2. The van der Waals surface area contributed by atoms with Gasteiger partial charge in [-0.15, -0.1) is 0 Å². The van der Waals surface area contributed by atoms with Gasteiger partial charge in [0, 0.05) is 41.7 Å². The smallest absolute Gasteiger partial charge is 0.375 e. The maximum atomic E-state index is 13.0. The minimum atomic E-state index is -3.66. The molecule has 0 aliphatic heterocycles. The van der Waals surface area contributed by atoms with Crippen molar-refractivity contribution in [2.75, 3.05) is 26.0 Å². The van der Waals surface area contributed by atoms with Crippen LogP contribution in [-0.2, 0) is 25.3 Å². The van der Waals surface area contributed by atoms with Gasteiger partial charge in [0.2, 0.25) is 15.8 Å². The van der Waals surface area contributed by atoms with Crippen molar-refractivity contribution in [3.8, 4) is 0 Å². The van der Waals surface area contributed by atoms with Crippen LogP contribution in [0.4, 0.5) is 5.69 Å². The van der Waals surface area contributed by atoms with Gasteiger partial charge in [0.1, 0.15) is 5.58 Å². The van der Waals surface area contributed by atoms with Crippen LogP contribution in [0.5, 0.6) is 0 Å². The van der Waals surface area contributed by atoms with E-state index in [0.717, 1.165) is 15.3 Å². The van der Waals surface area contributed by atoms with E-state index in [1.54, 1.807) is 13.0 Å². The lowest BCUT2D eigenvalue weighted by molar-refractivity contribution is -0.119. The van der Waals surface area contributed by atoms with Gasteiger partial charge in [-0.1, -0.05) is 43.5 Å². The van der Waals surface area contributed by atoms with Gasteiger partial charge in [-0.3, -0.25) is 4.79 Å². The molecule has 1 N–H and O–H groups in total. The van der Waals surface area contributed by atoms with E-state index < -0.39 is 28.5 Å². The molecule has 10 heteroatoms. The molecule has 0 radical (unpaired) electrons. The van der Waals surface area contributed by atoms with Crippen molar-refractivity contribution in [3.63, 3.8) is 0 Å². The van der Waals surface area contributed by atoms with E-state index in [1.807, 2.05) is 36.0 Å². The number of ether oxygens (including phenoxy) is 1. The highest BCUT2D eigenvalue weighted by atomic mass is 32.2. The second-order valence-corrected chi connectivity index (χ2v) is 12.8. The Balaban J connectivity index is 1.44. The van der Waals surface area contributed by atoms with Crippen LogP contribution in [0.25, 0.3) is 11.0 Å². The van der Waals surface area contributed by atoms with Crippen LogP contribution in [0.15, 0.2) is 51.8 Å². The van der Waals surface area contributed by atoms with Crippen molar-refractivity contribution in [2.45, 2.75) is 54.9 Å².